The number of aromatic nitrogens is 1. The van der Waals surface area contributed by atoms with Crippen molar-refractivity contribution in [1.82, 2.24) is 10.3 Å². The third kappa shape index (κ3) is 4.89. The van der Waals surface area contributed by atoms with Crippen molar-refractivity contribution >= 4 is 5.91 Å². The molecule has 0 bridgehead atoms. The maximum atomic E-state index is 12.2. The zero-order valence-corrected chi connectivity index (χ0v) is 15.9. The molecule has 0 unspecified atom stereocenters. The number of aryl methyl sites for hydroxylation is 1. The van der Waals surface area contributed by atoms with E-state index in [0.29, 0.717) is 17.3 Å². The first-order chi connectivity index (χ1) is 14.1. The highest BCUT2D eigenvalue weighted by Gasteiger charge is 2.30. The number of amides is 1. The monoisotopic (exact) mass is 396 g/mol. The minimum Gasteiger partial charge on any atom is -0.440 e. The van der Waals surface area contributed by atoms with Crippen LogP contribution >= 0.6 is 0 Å². The summed E-state index contributed by atoms with van der Waals surface area (Å²) >= 11 is 0. The van der Waals surface area contributed by atoms with Gasteiger partial charge in [-0.05, 0) is 0 Å². The summed E-state index contributed by atoms with van der Waals surface area (Å²) in [6, 6.07) is 19.3. The number of aliphatic hydroxyl groups excluding tert-OH is 3. The van der Waals surface area contributed by atoms with Gasteiger partial charge in [-0.1, -0.05) is 60.7 Å². The van der Waals surface area contributed by atoms with Crippen LogP contribution in [0.2, 0.25) is 0 Å². The van der Waals surface area contributed by atoms with Gasteiger partial charge in [0.1, 0.15) is 11.2 Å². The lowest BCUT2D eigenvalue weighted by molar-refractivity contribution is -0.125. The first-order valence-corrected chi connectivity index (χ1v) is 9.35. The molecule has 0 saturated heterocycles. The molecule has 1 aromatic heterocycles. The fourth-order valence-electron chi connectivity index (χ4n) is 2.90. The van der Waals surface area contributed by atoms with Crippen LogP contribution in [0.5, 0.6) is 0 Å². The average Bonchev–Trinajstić information content (AvgIpc) is 3.22. The first-order valence-electron chi connectivity index (χ1n) is 9.35. The molecule has 3 rings (SSSR count). The van der Waals surface area contributed by atoms with Gasteiger partial charge in [-0.3, -0.25) is 4.79 Å². The van der Waals surface area contributed by atoms with Gasteiger partial charge in [-0.2, -0.15) is 0 Å². The van der Waals surface area contributed by atoms with E-state index in [1.807, 2.05) is 60.7 Å². The van der Waals surface area contributed by atoms with E-state index in [1.54, 1.807) is 0 Å². The van der Waals surface area contributed by atoms with E-state index < -0.39 is 31.3 Å². The Balaban J connectivity index is 1.80. The highest BCUT2D eigenvalue weighted by molar-refractivity contribution is 5.78. The Morgan fingerprint density at radius 1 is 0.897 bits per heavy atom. The molecular formula is C22H24N2O5. The molecule has 4 N–H and O–H groups in total. The average molecular weight is 396 g/mol. The van der Waals surface area contributed by atoms with Gasteiger partial charge in [0.2, 0.25) is 5.91 Å². The zero-order valence-electron chi connectivity index (χ0n) is 15.9. The second-order valence-corrected chi connectivity index (χ2v) is 6.82. The summed E-state index contributed by atoms with van der Waals surface area (Å²) in [5.41, 5.74) is 1.04. The predicted octanol–water partition coefficient (Wildman–Crippen LogP) is 1.77. The highest BCUT2D eigenvalue weighted by atomic mass is 16.4. The third-order valence-electron chi connectivity index (χ3n) is 4.63. The van der Waals surface area contributed by atoms with E-state index in [2.05, 4.69) is 10.3 Å². The predicted molar refractivity (Wildman–Crippen MR) is 108 cm³/mol. The van der Waals surface area contributed by atoms with E-state index in [9.17, 15) is 20.1 Å². The molecule has 0 radical (unpaired) electrons. The van der Waals surface area contributed by atoms with Crippen LogP contribution < -0.4 is 5.32 Å². The topological polar surface area (TPSA) is 116 Å². The summed E-state index contributed by atoms with van der Waals surface area (Å²) in [6.07, 6.45) is 0.265. The quantitative estimate of drug-likeness (QED) is 0.438. The van der Waals surface area contributed by atoms with Crippen LogP contribution in [0.4, 0.5) is 0 Å². The van der Waals surface area contributed by atoms with Gasteiger partial charge in [0.05, 0.1) is 19.8 Å². The number of nitrogens with zero attached hydrogens (tertiary/aromatic N) is 1. The smallest absolute Gasteiger partial charge is 0.221 e. The maximum absolute atomic E-state index is 12.2. The van der Waals surface area contributed by atoms with E-state index >= 15 is 0 Å². The molecule has 152 valence electrons. The van der Waals surface area contributed by atoms with Crippen molar-refractivity contribution < 1.29 is 24.5 Å². The Labute approximate surface area is 168 Å². The SMILES string of the molecule is O=C(CCc1nc(-c2ccccc2)c(-c2ccccc2)o1)NC(CO)(CO)CO. The number of oxazole rings is 1. The van der Waals surface area contributed by atoms with E-state index in [0.717, 1.165) is 11.1 Å². The normalized spacial score (nSPS) is 11.4. The van der Waals surface area contributed by atoms with Gasteiger partial charge in [0.15, 0.2) is 11.7 Å². The fraction of sp³-hybridized carbons (Fsp3) is 0.273. The molecule has 0 aliphatic rings. The number of hydrogen-bond donors (Lipinski definition) is 4. The molecule has 2 aromatic carbocycles. The number of carbonyl (C=O) groups is 1. The largest absolute Gasteiger partial charge is 0.440 e. The Morgan fingerprint density at radius 2 is 1.45 bits per heavy atom. The summed E-state index contributed by atoms with van der Waals surface area (Å²) in [6.45, 7) is -1.71. The van der Waals surface area contributed by atoms with Crippen molar-refractivity contribution in [3.63, 3.8) is 0 Å². The molecule has 0 spiro atoms. The van der Waals surface area contributed by atoms with Crippen molar-refractivity contribution in [2.45, 2.75) is 18.4 Å². The molecular weight excluding hydrogens is 372 g/mol. The molecule has 0 fully saturated rings. The summed E-state index contributed by atoms with van der Waals surface area (Å²) < 4.78 is 5.98. The number of aliphatic hydroxyl groups is 3. The molecule has 29 heavy (non-hydrogen) atoms. The van der Waals surface area contributed by atoms with Gasteiger partial charge in [-0.15, -0.1) is 0 Å². The minimum atomic E-state index is -1.45. The second-order valence-electron chi connectivity index (χ2n) is 6.82. The summed E-state index contributed by atoms with van der Waals surface area (Å²) in [7, 11) is 0. The second kappa shape index (κ2) is 9.47. The number of hydrogen-bond acceptors (Lipinski definition) is 6. The van der Waals surface area contributed by atoms with E-state index in [-0.39, 0.29) is 12.8 Å². The van der Waals surface area contributed by atoms with Gasteiger partial charge in [0.25, 0.3) is 0 Å². The molecule has 7 nitrogen and oxygen atoms in total. The van der Waals surface area contributed by atoms with Crippen molar-refractivity contribution in [2.24, 2.45) is 0 Å². The summed E-state index contributed by atoms with van der Waals surface area (Å²) in [5.74, 6) is 0.603. The number of carbonyl (C=O) groups excluding carboxylic acids is 1. The highest BCUT2D eigenvalue weighted by Crippen LogP contribution is 2.32. The van der Waals surface area contributed by atoms with Crippen LogP contribution in [0.1, 0.15) is 12.3 Å². The van der Waals surface area contributed by atoms with Crippen molar-refractivity contribution in [2.75, 3.05) is 19.8 Å². The number of nitrogens with one attached hydrogen (secondary N) is 1. The minimum absolute atomic E-state index is 0.0325. The van der Waals surface area contributed by atoms with Gasteiger partial charge < -0.3 is 25.1 Å². The van der Waals surface area contributed by atoms with Crippen molar-refractivity contribution in [3.05, 3.63) is 66.6 Å². The molecule has 1 amide bonds. The molecule has 0 aliphatic heterocycles. The van der Waals surface area contributed by atoms with Gasteiger partial charge in [0, 0.05) is 24.0 Å². The van der Waals surface area contributed by atoms with Crippen LogP contribution in [0, 0.1) is 0 Å². The molecule has 7 heteroatoms. The van der Waals surface area contributed by atoms with Crippen molar-refractivity contribution in [3.8, 4) is 22.6 Å². The molecule has 0 aliphatic carbocycles. The number of rotatable bonds is 9. The van der Waals surface area contributed by atoms with Crippen LogP contribution in [0.25, 0.3) is 22.6 Å². The molecule has 0 atom stereocenters. The Morgan fingerprint density at radius 3 is 2.00 bits per heavy atom. The van der Waals surface area contributed by atoms with Crippen LogP contribution in [0.15, 0.2) is 65.1 Å². The Kier molecular flexibility index (Phi) is 6.77. The molecule has 3 aromatic rings. The number of benzene rings is 2. The van der Waals surface area contributed by atoms with E-state index in [1.165, 1.54) is 0 Å². The van der Waals surface area contributed by atoms with Crippen molar-refractivity contribution in [1.29, 1.82) is 0 Å². The maximum Gasteiger partial charge on any atom is 0.221 e. The lowest BCUT2D eigenvalue weighted by atomic mass is 10.0. The van der Waals surface area contributed by atoms with Crippen LogP contribution in [0.3, 0.4) is 0 Å². The first kappa shape index (κ1) is 20.7. The van der Waals surface area contributed by atoms with Crippen LogP contribution in [-0.4, -0.2) is 51.6 Å². The lowest BCUT2D eigenvalue weighted by Crippen LogP contribution is -2.57. The molecule has 1 heterocycles. The summed E-state index contributed by atoms with van der Waals surface area (Å²) in [4.78, 5) is 16.8. The Bertz CT molecular complexity index is 856. The van der Waals surface area contributed by atoms with Gasteiger partial charge >= 0.3 is 0 Å². The summed E-state index contributed by atoms with van der Waals surface area (Å²) in [5, 5.41) is 30.5. The standard InChI is InChI=1S/C22H24N2O5/c25-13-22(14-26,15-27)24-18(28)11-12-19-23-20(16-7-3-1-4-8-16)21(29-19)17-9-5-2-6-10-17/h1-10,25-27H,11-15H2,(H,24,28). The Hall–Kier alpha value is -3.00. The van der Waals surface area contributed by atoms with E-state index in [4.69, 9.17) is 4.42 Å². The fourth-order valence-corrected chi connectivity index (χ4v) is 2.90. The van der Waals surface area contributed by atoms with Crippen LogP contribution in [-0.2, 0) is 11.2 Å². The molecule has 0 saturated carbocycles. The lowest BCUT2D eigenvalue weighted by Gasteiger charge is -2.28. The third-order valence-corrected chi connectivity index (χ3v) is 4.63. The van der Waals surface area contributed by atoms with Gasteiger partial charge in [-0.25, -0.2) is 4.98 Å². The zero-order chi connectivity index (χ0) is 20.7.